The van der Waals surface area contributed by atoms with Crippen molar-refractivity contribution in [2.24, 2.45) is 0 Å². The summed E-state index contributed by atoms with van der Waals surface area (Å²) >= 11 is 9.24. The van der Waals surface area contributed by atoms with Crippen LogP contribution in [0.1, 0.15) is 0 Å². The van der Waals surface area contributed by atoms with Crippen LogP contribution in [-0.4, -0.2) is 13.3 Å². The van der Waals surface area contributed by atoms with Crippen molar-refractivity contribution in [3.8, 4) is 0 Å². The predicted molar refractivity (Wildman–Crippen MR) is 80.9 cm³/mol. The molecule has 1 heterocycles. The van der Waals surface area contributed by atoms with E-state index in [4.69, 9.17) is 11.6 Å². The Balaban J connectivity index is 2.41. The van der Waals surface area contributed by atoms with E-state index in [1.54, 1.807) is 0 Å². The van der Waals surface area contributed by atoms with Gasteiger partial charge in [-0.2, -0.15) is 0 Å². The third kappa shape index (κ3) is 3.51. The van der Waals surface area contributed by atoms with Crippen molar-refractivity contribution in [1.29, 1.82) is 0 Å². The van der Waals surface area contributed by atoms with E-state index in [9.17, 15) is 22.9 Å². The number of nitro groups is 1. The van der Waals surface area contributed by atoms with Crippen molar-refractivity contribution in [2.45, 2.75) is 4.21 Å². The lowest BCUT2D eigenvalue weighted by atomic mass is 10.3. The lowest BCUT2D eigenvalue weighted by Gasteiger charge is -2.07. The van der Waals surface area contributed by atoms with Crippen LogP contribution in [0.3, 0.4) is 0 Å². The molecule has 0 fully saturated rings. The number of hydrogen-bond donors (Lipinski definition) is 1. The number of sulfonamides is 1. The third-order valence-corrected chi connectivity index (χ3v) is 6.15. The number of nitrogens with one attached hydrogen (secondary N) is 1. The highest BCUT2D eigenvalue weighted by Crippen LogP contribution is 2.37. The summed E-state index contributed by atoms with van der Waals surface area (Å²) in [6.07, 6.45) is 0. The first-order valence-corrected chi connectivity index (χ1v) is 8.59. The smallest absolute Gasteiger partial charge is 0.278 e. The van der Waals surface area contributed by atoms with E-state index in [-0.39, 0.29) is 14.2 Å². The number of benzene rings is 1. The van der Waals surface area contributed by atoms with Crippen LogP contribution in [0, 0.1) is 15.9 Å². The summed E-state index contributed by atoms with van der Waals surface area (Å²) < 4.78 is 39.3. The Hall–Kier alpha value is -1.23. The Bertz CT molecular complexity index is 824. The van der Waals surface area contributed by atoms with E-state index in [1.807, 2.05) is 0 Å². The van der Waals surface area contributed by atoms with Gasteiger partial charge in [-0.05, 0) is 34.1 Å². The van der Waals surface area contributed by atoms with Crippen molar-refractivity contribution >= 4 is 60.3 Å². The van der Waals surface area contributed by atoms with Crippen molar-refractivity contribution in [3.63, 3.8) is 0 Å². The molecule has 2 rings (SSSR count). The molecule has 1 N–H and O–H groups in total. The molecule has 21 heavy (non-hydrogen) atoms. The maximum absolute atomic E-state index is 13.1. The van der Waals surface area contributed by atoms with Gasteiger partial charge in [-0.3, -0.25) is 14.8 Å². The lowest BCUT2D eigenvalue weighted by molar-refractivity contribution is -0.384. The van der Waals surface area contributed by atoms with E-state index in [1.165, 1.54) is 6.07 Å². The average Bonchev–Trinajstić information content (AvgIpc) is 2.77. The zero-order valence-electron chi connectivity index (χ0n) is 9.84. The molecule has 0 radical (unpaired) electrons. The second-order valence-corrected chi connectivity index (χ2v) is 8.13. The summed E-state index contributed by atoms with van der Waals surface area (Å²) in [7, 11) is -4.10. The Kier molecular flexibility index (Phi) is 4.51. The molecule has 0 amide bonds. The van der Waals surface area contributed by atoms with Gasteiger partial charge in [0, 0.05) is 10.5 Å². The molecule has 0 unspecified atom stereocenters. The minimum absolute atomic E-state index is 0.0258. The Morgan fingerprint density at radius 3 is 2.62 bits per heavy atom. The van der Waals surface area contributed by atoms with Crippen LogP contribution >= 0.6 is 38.9 Å². The molecule has 0 spiro atoms. The minimum Gasteiger partial charge on any atom is -0.278 e. The highest BCUT2D eigenvalue weighted by atomic mass is 79.9. The van der Waals surface area contributed by atoms with Gasteiger partial charge in [0.05, 0.1) is 10.6 Å². The maximum atomic E-state index is 13.1. The summed E-state index contributed by atoms with van der Waals surface area (Å²) in [4.78, 5) is 9.89. The largest absolute Gasteiger partial charge is 0.300 e. The zero-order valence-corrected chi connectivity index (χ0v) is 13.8. The summed E-state index contributed by atoms with van der Waals surface area (Å²) in [5.74, 6) is -0.633. The fourth-order valence-corrected chi connectivity index (χ4v) is 4.58. The fraction of sp³-hybridized carbons (Fsp3) is 0. The highest BCUT2D eigenvalue weighted by molar-refractivity contribution is 9.10. The molecule has 0 aliphatic carbocycles. The molecule has 2 aromatic rings. The second-order valence-electron chi connectivity index (χ2n) is 3.71. The van der Waals surface area contributed by atoms with Gasteiger partial charge in [-0.25, -0.2) is 12.8 Å². The molecule has 1 aromatic carbocycles. The van der Waals surface area contributed by atoms with Crippen LogP contribution in [0.15, 0.2) is 32.9 Å². The van der Waals surface area contributed by atoms with Crippen molar-refractivity contribution in [3.05, 3.63) is 49.0 Å². The fourth-order valence-electron chi connectivity index (χ4n) is 1.37. The third-order valence-electron chi connectivity index (χ3n) is 2.28. The number of rotatable bonds is 4. The topological polar surface area (TPSA) is 89.3 Å². The summed E-state index contributed by atoms with van der Waals surface area (Å²) in [5, 5.41) is 10.7. The molecule has 0 saturated heterocycles. The van der Waals surface area contributed by atoms with Crippen LogP contribution in [0.2, 0.25) is 4.34 Å². The predicted octanol–water partition coefficient (Wildman–Crippen LogP) is 4.01. The van der Waals surface area contributed by atoms with E-state index in [2.05, 4.69) is 20.7 Å². The number of nitrogens with zero attached hydrogens (tertiary/aromatic N) is 1. The SMILES string of the molecule is O=[N+]([O-])c1cc(S(=O)(=O)Nc2cc(F)ccc2Br)sc1Cl. The van der Waals surface area contributed by atoms with Crippen LogP contribution in [0.25, 0.3) is 0 Å². The molecule has 1 aromatic heterocycles. The summed E-state index contributed by atoms with van der Waals surface area (Å²) in [5.41, 5.74) is -0.525. The second kappa shape index (κ2) is 5.87. The lowest BCUT2D eigenvalue weighted by Crippen LogP contribution is -2.12. The zero-order chi connectivity index (χ0) is 15.8. The normalized spacial score (nSPS) is 11.4. The van der Waals surface area contributed by atoms with E-state index >= 15 is 0 Å². The Morgan fingerprint density at radius 2 is 2.05 bits per heavy atom. The molecule has 11 heteroatoms. The number of thiophene rings is 1. The van der Waals surface area contributed by atoms with Gasteiger partial charge in [0.1, 0.15) is 10.0 Å². The maximum Gasteiger partial charge on any atom is 0.300 e. The first kappa shape index (κ1) is 16.1. The van der Waals surface area contributed by atoms with Crippen LogP contribution in [0.5, 0.6) is 0 Å². The van der Waals surface area contributed by atoms with Crippen LogP contribution < -0.4 is 4.72 Å². The van der Waals surface area contributed by atoms with Gasteiger partial charge in [-0.1, -0.05) is 11.6 Å². The van der Waals surface area contributed by atoms with Crippen molar-refractivity contribution in [1.82, 2.24) is 0 Å². The van der Waals surface area contributed by atoms with Gasteiger partial charge in [0.2, 0.25) is 0 Å². The van der Waals surface area contributed by atoms with E-state index in [0.717, 1.165) is 18.2 Å². The van der Waals surface area contributed by atoms with Gasteiger partial charge in [-0.15, -0.1) is 11.3 Å². The van der Waals surface area contributed by atoms with Crippen molar-refractivity contribution < 1.29 is 17.7 Å². The molecular weight excluding hydrogens is 411 g/mol. The molecule has 0 aliphatic heterocycles. The molecule has 0 bridgehead atoms. The van der Waals surface area contributed by atoms with Gasteiger partial charge in [0.15, 0.2) is 4.34 Å². The average molecular weight is 416 g/mol. The molecule has 0 atom stereocenters. The summed E-state index contributed by atoms with van der Waals surface area (Å²) in [6.45, 7) is 0. The van der Waals surface area contributed by atoms with Crippen molar-refractivity contribution in [2.75, 3.05) is 4.72 Å². The van der Waals surface area contributed by atoms with Crippen LogP contribution in [-0.2, 0) is 10.0 Å². The first-order valence-electron chi connectivity index (χ1n) is 5.12. The number of halogens is 3. The standard InChI is InChI=1S/C10H5BrClFN2O4S2/c11-6-2-1-5(13)3-7(6)14-21(18,19)9-4-8(15(16)17)10(12)20-9/h1-4,14H. The summed E-state index contributed by atoms with van der Waals surface area (Å²) in [6, 6.07) is 4.31. The van der Waals surface area contributed by atoms with E-state index < -0.39 is 26.5 Å². The quantitative estimate of drug-likeness (QED) is 0.603. The molecule has 0 saturated carbocycles. The number of hydrogen-bond acceptors (Lipinski definition) is 5. The monoisotopic (exact) mass is 414 g/mol. The number of anilines is 1. The van der Waals surface area contributed by atoms with Gasteiger partial charge in [0.25, 0.3) is 15.7 Å². The highest BCUT2D eigenvalue weighted by Gasteiger charge is 2.25. The molecule has 6 nitrogen and oxygen atoms in total. The molecular formula is C10H5BrClFN2O4S2. The molecule has 0 aliphatic rings. The van der Waals surface area contributed by atoms with Crippen LogP contribution in [0.4, 0.5) is 15.8 Å². The van der Waals surface area contributed by atoms with Gasteiger partial charge >= 0.3 is 0 Å². The Labute approximate surface area is 135 Å². The minimum atomic E-state index is -4.10. The van der Waals surface area contributed by atoms with E-state index in [0.29, 0.717) is 15.8 Å². The molecule has 112 valence electrons. The first-order chi connectivity index (χ1) is 9.70. The Morgan fingerprint density at radius 1 is 1.38 bits per heavy atom. The van der Waals surface area contributed by atoms with Gasteiger partial charge < -0.3 is 0 Å².